The summed E-state index contributed by atoms with van der Waals surface area (Å²) >= 11 is 0. The van der Waals surface area contributed by atoms with Crippen LogP contribution in [0.4, 0.5) is 5.69 Å². The van der Waals surface area contributed by atoms with Crippen LogP contribution in [0.15, 0.2) is 29.2 Å². The van der Waals surface area contributed by atoms with Crippen molar-refractivity contribution in [2.75, 3.05) is 18.4 Å². The normalized spacial score (nSPS) is 20.8. The maximum atomic E-state index is 12.6. The van der Waals surface area contributed by atoms with Crippen molar-refractivity contribution in [2.24, 2.45) is 0 Å². The van der Waals surface area contributed by atoms with Gasteiger partial charge in [-0.3, -0.25) is 0 Å². The van der Waals surface area contributed by atoms with E-state index in [2.05, 4.69) is 12.2 Å². The lowest BCUT2D eigenvalue weighted by atomic mass is 10.1. The van der Waals surface area contributed by atoms with Crippen LogP contribution in [0.5, 0.6) is 0 Å². The largest absolute Gasteiger partial charge is 0.385 e. The van der Waals surface area contributed by atoms with Gasteiger partial charge in [-0.2, -0.15) is 4.31 Å². The Labute approximate surface area is 122 Å². The Morgan fingerprint density at radius 2 is 1.95 bits per heavy atom. The Balaban J connectivity index is 2.16. The average Bonchev–Trinajstić information content (AvgIpc) is 2.46. The van der Waals surface area contributed by atoms with E-state index in [1.807, 2.05) is 19.1 Å². The highest BCUT2D eigenvalue weighted by Crippen LogP contribution is 2.25. The van der Waals surface area contributed by atoms with Crippen molar-refractivity contribution in [3.63, 3.8) is 0 Å². The molecule has 1 aliphatic rings. The van der Waals surface area contributed by atoms with Gasteiger partial charge in [0.2, 0.25) is 10.0 Å². The molecular weight excluding hydrogens is 272 g/mol. The molecule has 0 bridgehead atoms. The highest BCUT2D eigenvalue weighted by atomic mass is 32.2. The molecule has 0 radical (unpaired) electrons. The second kappa shape index (κ2) is 6.59. The third-order valence-corrected chi connectivity index (χ3v) is 5.81. The van der Waals surface area contributed by atoms with Crippen molar-refractivity contribution in [1.82, 2.24) is 4.31 Å². The average molecular weight is 296 g/mol. The Bertz CT molecular complexity index is 525. The predicted molar refractivity (Wildman–Crippen MR) is 82.4 cm³/mol. The summed E-state index contributed by atoms with van der Waals surface area (Å²) in [6.07, 6.45) is 4.08. The number of anilines is 1. The van der Waals surface area contributed by atoms with Crippen LogP contribution < -0.4 is 5.32 Å². The van der Waals surface area contributed by atoms with Gasteiger partial charge in [-0.05, 0) is 50.5 Å². The number of benzene rings is 1. The van der Waals surface area contributed by atoms with Crippen molar-refractivity contribution in [3.8, 4) is 0 Å². The van der Waals surface area contributed by atoms with Crippen molar-refractivity contribution in [2.45, 2.75) is 50.5 Å². The summed E-state index contributed by atoms with van der Waals surface area (Å²) in [5, 5.41) is 3.25. The molecule has 1 aromatic rings. The number of nitrogens with zero attached hydrogens (tertiary/aromatic N) is 1. The maximum absolute atomic E-state index is 12.6. The number of nitrogens with one attached hydrogen (secondary N) is 1. The van der Waals surface area contributed by atoms with Crippen LogP contribution in [0.3, 0.4) is 0 Å². The van der Waals surface area contributed by atoms with Crippen molar-refractivity contribution in [1.29, 1.82) is 0 Å². The number of piperidine rings is 1. The fourth-order valence-corrected chi connectivity index (χ4v) is 4.28. The van der Waals surface area contributed by atoms with Crippen LogP contribution in [0, 0.1) is 0 Å². The molecule has 1 aromatic carbocycles. The molecule has 4 nitrogen and oxygen atoms in total. The summed E-state index contributed by atoms with van der Waals surface area (Å²) in [7, 11) is -3.34. The first-order valence-electron chi connectivity index (χ1n) is 7.41. The van der Waals surface area contributed by atoms with Crippen LogP contribution in [0.25, 0.3) is 0 Å². The number of sulfonamides is 1. The van der Waals surface area contributed by atoms with Crippen molar-refractivity contribution in [3.05, 3.63) is 24.3 Å². The van der Waals surface area contributed by atoms with Crippen LogP contribution in [-0.4, -0.2) is 31.9 Å². The van der Waals surface area contributed by atoms with E-state index in [1.165, 1.54) is 0 Å². The molecular formula is C15H24N2O2S. The maximum Gasteiger partial charge on any atom is 0.243 e. The molecule has 0 amide bonds. The van der Waals surface area contributed by atoms with Gasteiger partial charge in [-0.25, -0.2) is 8.42 Å². The summed E-state index contributed by atoms with van der Waals surface area (Å²) in [6.45, 7) is 5.63. The number of hydrogen-bond donors (Lipinski definition) is 1. The number of rotatable bonds is 5. The first-order valence-corrected chi connectivity index (χ1v) is 8.85. The fraction of sp³-hybridized carbons (Fsp3) is 0.600. The molecule has 0 aliphatic carbocycles. The summed E-state index contributed by atoms with van der Waals surface area (Å²) < 4.78 is 26.9. The third kappa shape index (κ3) is 3.33. The van der Waals surface area contributed by atoms with E-state index < -0.39 is 10.0 Å². The van der Waals surface area contributed by atoms with Gasteiger partial charge in [-0.15, -0.1) is 0 Å². The Hall–Kier alpha value is -1.07. The quantitative estimate of drug-likeness (QED) is 0.908. The fourth-order valence-electron chi connectivity index (χ4n) is 2.58. The minimum Gasteiger partial charge on any atom is -0.385 e. The standard InChI is InChI=1S/C15H24N2O2S/c1-3-11-16-14-7-9-15(10-8-14)20(18,19)17-12-5-4-6-13(17)2/h7-10,13,16H,3-6,11-12H2,1-2H3. The van der Waals surface area contributed by atoms with E-state index in [-0.39, 0.29) is 6.04 Å². The molecule has 112 valence electrons. The van der Waals surface area contributed by atoms with Gasteiger partial charge in [-0.1, -0.05) is 13.3 Å². The zero-order valence-electron chi connectivity index (χ0n) is 12.3. The number of hydrogen-bond acceptors (Lipinski definition) is 3. The molecule has 0 saturated carbocycles. The van der Waals surface area contributed by atoms with Gasteiger partial charge in [0.25, 0.3) is 0 Å². The first kappa shape index (κ1) is 15.3. The zero-order chi connectivity index (χ0) is 14.6. The molecule has 0 aromatic heterocycles. The molecule has 2 rings (SSSR count). The zero-order valence-corrected chi connectivity index (χ0v) is 13.1. The topological polar surface area (TPSA) is 49.4 Å². The first-order chi connectivity index (χ1) is 9.55. The highest BCUT2D eigenvalue weighted by molar-refractivity contribution is 7.89. The van der Waals surface area contributed by atoms with Gasteiger partial charge in [0, 0.05) is 24.8 Å². The van der Waals surface area contributed by atoms with Gasteiger partial charge in [0.1, 0.15) is 0 Å². The lowest BCUT2D eigenvalue weighted by Crippen LogP contribution is -2.41. The molecule has 0 spiro atoms. The second-order valence-electron chi connectivity index (χ2n) is 5.41. The minimum atomic E-state index is -3.34. The van der Waals surface area contributed by atoms with E-state index in [0.29, 0.717) is 11.4 Å². The van der Waals surface area contributed by atoms with Gasteiger partial charge in [0.15, 0.2) is 0 Å². The second-order valence-corrected chi connectivity index (χ2v) is 7.30. The summed E-state index contributed by atoms with van der Waals surface area (Å²) in [6, 6.07) is 7.20. The Kier molecular flexibility index (Phi) is 5.05. The molecule has 1 heterocycles. The van der Waals surface area contributed by atoms with Gasteiger partial charge >= 0.3 is 0 Å². The van der Waals surface area contributed by atoms with E-state index in [9.17, 15) is 8.42 Å². The molecule has 1 N–H and O–H groups in total. The highest BCUT2D eigenvalue weighted by Gasteiger charge is 2.30. The molecule has 20 heavy (non-hydrogen) atoms. The van der Waals surface area contributed by atoms with Crippen molar-refractivity contribution < 1.29 is 8.42 Å². The lowest BCUT2D eigenvalue weighted by Gasteiger charge is -2.32. The molecule has 1 aliphatic heterocycles. The van der Waals surface area contributed by atoms with E-state index in [0.717, 1.165) is 37.9 Å². The van der Waals surface area contributed by atoms with Crippen LogP contribution in [-0.2, 0) is 10.0 Å². The van der Waals surface area contributed by atoms with Crippen LogP contribution in [0.2, 0.25) is 0 Å². The predicted octanol–water partition coefficient (Wildman–Crippen LogP) is 3.07. The third-order valence-electron chi connectivity index (χ3n) is 3.78. The van der Waals surface area contributed by atoms with Crippen LogP contribution in [0.1, 0.15) is 39.5 Å². The summed E-state index contributed by atoms with van der Waals surface area (Å²) in [5.74, 6) is 0. The monoisotopic (exact) mass is 296 g/mol. The Morgan fingerprint density at radius 3 is 2.55 bits per heavy atom. The van der Waals surface area contributed by atoms with Crippen LogP contribution >= 0.6 is 0 Å². The smallest absolute Gasteiger partial charge is 0.243 e. The van der Waals surface area contributed by atoms with E-state index >= 15 is 0 Å². The minimum absolute atomic E-state index is 0.103. The van der Waals surface area contributed by atoms with E-state index in [4.69, 9.17) is 0 Å². The summed E-state index contributed by atoms with van der Waals surface area (Å²) in [4.78, 5) is 0.397. The molecule has 1 unspecified atom stereocenters. The molecule has 1 atom stereocenters. The Morgan fingerprint density at radius 1 is 1.25 bits per heavy atom. The van der Waals surface area contributed by atoms with E-state index in [1.54, 1.807) is 16.4 Å². The molecule has 5 heteroatoms. The lowest BCUT2D eigenvalue weighted by molar-refractivity contribution is 0.268. The summed E-state index contributed by atoms with van der Waals surface area (Å²) in [5.41, 5.74) is 0.970. The molecule has 1 saturated heterocycles. The van der Waals surface area contributed by atoms with Gasteiger partial charge < -0.3 is 5.32 Å². The van der Waals surface area contributed by atoms with Gasteiger partial charge in [0.05, 0.1) is 4.90 Å². The molecule has 1 fully saturated rings. The van der Waals surface area contributed by atoms with Crippen molar-refractivity contribution >= 4 is 15.7 Å². The SMILES string of the molecule is CCCNc1ccc(S(=O)(=O)N2CCCCC2C)cc1.